The van der Waals surface area contributed by atoms with E-state index >= 15 is 0 Å². The van der Waals surface area contributed by atoms with Crippen LogP contribution in [0.15, 0.2) is 30.3 Å². The molecule has 5 rings (SSSR count). The van der Waals surface area contributed by atoms with Gasteiger partial charge in [0.25, 0.3) is 0 Å². The number of alkyl halides is 1. The van der Waals surface area contributed by atoms with Crippen LogP contribution in [0.1, 0.15) is 26.7 Å². The number of halogens is 1. The van der Waals surface area contributed by atoms with Crippen molar-refractivity contribution in [3.8, 4) is 0 Å². The lowest BCUT2D eigenvalue weighted by atomic mass is 9.70. The Morgan fingerprint density at radius 3 is 2.59 bits per heavy atom. The predicted octanol–water partition coefficient (Wildman–Crippen LogP) is 1.23. The van der Waals surface area contributed by atoms with E-state index in [9.17, 15) is 19.5 Å². The Balaban J connectivity index is 1.44. The number of hydrogen-bond acceptors (Lipinski definition) is 7. The largest absolute Gasteiger partial charge is 0.394 e. The molecule has 1 aromatic carbocycles. The van der Waals surface area contributed by atoms with Gasteiger partial charge in [0.05, 0.1) is 43.8 Å². The van der Waals surface area contributed by atoms with Crippen LogP contribution >= 0.6 is 15.9 Å². The van der Waals surface area contributed by atoms with Crippen LogP contribution < -0.4 is 10.6 Å². The van der Waals surface area contributed by atoms with E-state index in [1.54, 1.807) is 17.0 Å². The third-order valence-electron chi connectivity index (χ3n) is 9.00. The summed E-state index contributed by atoms with van der Waals surface area (Å²) < 4.78 is 12.0. The molecular formula is C28H39BrN4O6. The van der Waals surface area contributed by atoms with Crippen molar-refractivity contribution < 1.29 is 29.0 Å². The number of carbonyl (C=O) groups is 3. The van der Waals surface area contributed by atoms with E-state index < -0.39 is 35.6 Å². The number of para-hydroxylation sites is 1. The third-order valence-corrected chi connectivity index (χ3v) is 9.84. The molecule has 8 atom stereocenters. The molecule has 11 heteroatoms. The van der Waals surface area contributed by atoms with Crippen LogP contribution in [0.5, 0.6) is 0 Å². The number of carbonyl (C=O) groups excluding carboxylic acids is 3. The number of fused-ring (bicyclic) bond motifs is 1. The summed E-state index contributed by atoms with van der Waals surface area (Å²) in [6.45, 7) is 7.75. The summed E-state index contributed by atoms with van der Waals surface area (Å²) in [5.41, 5.74) is -0.517. The SMILES string of the molecule is CC[C@H](C)[C@H](CO)N1C(=O)[C@@H]2[C@H](C(=O)Nc3ccccc3)[C@H]3OC2(CC3Br)C1C(=O)NCCN1CCOCC1. The number of anilines is 1. The van der Waals surface area contributed by atoms with E-state index in [2.05, 4.69) is 31.5 Å². The molecule has 39 heavy (non-hydrogen) atoms. The fourth-order valence-corrected chi connectivity index (χ4v) is 7.79. The number of aliphatic hydroxyl groups is 1. The van der Waals surface area contributed by atoms with Crippen molar-refractivity contribution in [2.45, 2.75) is 55.3 Å². The molecule has 3 amide bonds. The zero-order valence-electron chi connectivity index (χ0n) is 22.6. The van der Waals surface area contributed by atoms with E-state index in [1.807, 2.05) is 32.0 Å². The molecule has 214 valence electrons. The Labute approximate surface area is 237 Å². The molecule has 4 fully saturated rings. The predicted molar refractivity (Wildman–Crippen MR) is 148 cm³/mol. The molecule has 0 aliphatic carbocycles. The highest BCUT2D eigenvalue weighted by Crippen LogP contribution is 2.60. The molecule has 0 aromatic heterocycles. The Bertz CT molecular complexity index is 1060. The van der Waals surface area contributed by atoms with Gasteiger partial charge in [-0.15, -0.1) is 0 Å². The van der Waals surface area contributed by atoms with Crippen LogP contribution in [0.3, 0.4) is 0 Å². The molecule has 1 spiro atoms. The number of benzene rings is 1. The highest BCUT2D eigenvalue weighted by molar-refractivity contribution is 9.09. The average Bonchev–Trinajstić information content (AvgIpc) is 3.53. The van der Waals surface area contributed by atoms with Gasteiger partial charge in [0.1, 0.15) is 11.6 Å². The van der Waals surface area contributed by atoms with Crippen molar-refractivity contribution >= 4 is 39.3 Å². The average molecular weight is 608 g/mol. The molecule has 4 saturated heterocycles. The van der Waals surface area contributed by atoms with E-state index in [0.717, 1.165) is 19.5 Å². The topological polar surface area (TPSA) is 120 Å². The van der Waals surface area contributed by atoms with Gasteiger partial charge in [0.2, 0.25) is 17.7 Å². The molecule has 4 heterocycles. The first kappa shape index (κ1) is 28.5. The lowest BCUT2D eigenvalue weighted by molar-refractivity contribution is -0.146. The molecular weight excluding hydrogens is 568 g/mol. The summed E-state index contributed by atoms with van der Waals surface area (Å²) in [6.07, 6.45) is 0.616. The first-order chi connectivity index (χ1) is 18.8. The quantitative estimate of drug-likeness (QED) is 0.343. The number of likely N-dealkylation sites (tertiary alicyclic amines) is 1. The lowest BCUT2D eigenvalue weighted by Gasteiger charge is -2.39. The first-order valence-electron chi connectivity index (χ1n) is 14.0. The second-order valence-electron chi connectivity index (χ2n) is 11.1. The summed E-state index contributed by atoms with van der Waals surface area (Å²) in [6, 6.07) is 7.62. The van der Waals surface area contributed by atoms with Crippen LogP contribution in [-0.4, -0.2) is 107 Å². The minimum absolute atomic E-state index is 0.0496. The van der Waals surface area contributed by atoms with Crippen molar-refractivity contribution in [2.24, 2.45) is 17.8 Å². The maximum atomic E-state index is 14.2. The molecule has 3 unspecified atom stereocenters. The van der Waals surface area contributed by atoms with Crippen molar-refractivity contribution in [1.29, 1.82) is 0 Å². The van der Waals surface area contributed by atoms with E-state index in [-0.39, 0.29) is 35.1 Å². The fraction of sp³-hybridized carbons (Fsp3) is 0.679. The number of hydrogen-bond donors (Lipinski definition) is 3. The van der Waals surface area contributed by atoms with E-state index in [1.165, 1.54) is 0 Å². The summed E-state index contributed by atoms with van der Waals surface area (Å²) >= 11 is 3.70. The second-order valence-corrected chi connectivity index (χ2v) is 12.3. The lowest BCUT2D eigenvalue weighted by Crippen LogP contribution is -2.59. The van der Waals surface area contributed by atoms with Gasteiger partial charge in [-0.2, -0.15) is 0 Å². The van der Waals surface area contributed by atoms with Crippen molar-refractivity contribution in [1.82, 2.24) is 15.1 Å². The van der Waals surface area contributed by atoms with Gasteiger partial charge in [-0.25, -0.2) is 0 Å². The number of rotatable bonds is 10. The fourth-order valence-electron chi connectivity index (χ4n) is 6.84. The molecule has 0 radical (unpaired) electrons. The number of nitrogens with one attached hydrogen (secondary N) is 2. The molecule has 10 nitrogen and oxygen atoms in total. The van der Waals surface area contributed by atoms with Gasteiger partial charge >= 0.3 is 0 Å². The first-order valence-corrected chi connectivity index (χ1v) is 14.9. The number of aliphatic hydroxyl groups excluding tert-OH is 1. The second kappa shape index (κ2) is 11.8. The Morgan fingerprint density at radius 1 is 1.21 bits per heavy atom. The zero-order chi connectivity index (χ0) is 27.7. The zero-order valence-corrected chi connectivity index (χ0v) is 24.1. The van der Waals surface area contributed by atoms with Crippen LogP contribution in [0.4, 0.5) is 5.69 Å². The standard InChI is InChI=1S/C28H39BrN4O6/c1-3-17(2)20(16-34)33-24(26(36)30-9-10-32-11-13-38-14-12-32)28-15-19(29)23(39-28)21(22(28)27(33)37)25(35)31-18-7-5-4-6-8-18/h4-8,17,19-24,34H,3,9-16H2,1-2H3,(H,30,36)(H,31,35)/t17-,19?,20-,21-,22-,23-,24?,28?/m0/s1. The highest BCUT2D eigenvalue weighted by Gasteiger charge is 2.77. The maximum Gasteiger partial charge on any atom is 0.245 e. The van der Waals surface area contributed by atoms with Crippen LogP contribution in [0.2, 0.25) is 0 Å². The van der Waals surface area contributed by atoms with Crippen molar-refractivity contribution in [3.05, 3.63) is 30.3 Å². The van der Waals surface area contributed by atoms with Crippen LogP contribution in [0.25, 0.3) is 0 Å². The maximum absolute atomic E-state index is 14.2. The molecule has 3 N–H and O–H groups in total. The van der Waals surface area contributed by atoms with Crippen LogP contribution in [0, 0.1) is 17.8 Å². The molecule has 4 aliphatic rings. The number of nitrogens with zero attached hydrogens (tertiary/aromatic N) is 2. The minimum atomic E-state index is -1.15. The van der Waals surface area contributed by atoms with Gasteiger partial charge in [0.15, 0.2) is 0 Å². The van der Waals surface area contributed by atoms with E-state index in [0.29, 0.717) is 38.4 Å². The van der Waals surface area contributed by atoms with Gasteiger partial charge in [-0.1, -0.05) is 54.4 Å². The monoisotopic (exact) mass is 606 g/mol. The smallest absolute Gasteiger partial charge is 0.245 e. The summed E-state index contributed by atoms with van der Waals surface area (Å²) in [5.74, 6) is -2.52. The van der Waals surface area contributed by atoms with Crippen LogP contribution in [-0.2, 0) is 23.9 Å². The Hall–Kier alpha value is -2.05. The Kier molecular flexibility index (Phi) is 8.63. The van der Waals surface area contributed by atoms with Crippen molar-refractivity contribution in [2.75, 3.05) is 51.3 Å². The van der Waals surface area contributed by atoms with E-state index in [4.69, 9.17) is 9.47 Å². The summed E-state index contributed by atoms with van der Waals surface area (Å²) in [4.78, 5) is 45.4. The van der Waals surface area contributed by atoms with Gasteiger partial charge in [-0.3, -0.25) is 19.3 Å². The molecule has 4 aliphatic heterocycles. The van der Waals surface area contributed by atoms with Gasteiger partial charge in [-0.05, 0) is 24.5 Å². The molecule has 0 saturated carbocycles. The summed E-state index contributed by atoms with van der Waals surface area (Å²) in [7, 11) is 0. The van der Waals surface area contributed by atoms with Crippen molar-refractivity contribution in [3.63, 3.8) is 0 Å². The van der Waals surface area contributed by atoms with Gasteiger partial charge in [0, 0.05) is 36.7 Å². The van der Waals surface area contributed by atoms with Gasteiger partial charge < -0.3 is 30.1 Å². The normalized spacial score (nSPS) is 33.6. The molecule has 2 bridgehead atoms. The number of ether oxygens (including phenoxy) is 2. The third kappa shape index (κ3) is 5.12. The Morgan fingerprint density at radius 2 is 1.92 bits per heavy atom. The highest BCUT2D eigenvalue weighted by atomic mass is 79.9. The molecule has 1 aromatic rings. The number of morpholine rings is 1. The number of amides is 3. The summed E-state index contributed by atoms with van der Waals surface area (Å²) in [5, 5.41) is 16.4. The minimum Gasteiger partial charge on any atom is -0.394 e.